The third-order valence-electron chi connectivity index (χ3n) is 1.93. The van der Waals surface area contributed by atoms with Gasteiger partial charge in [-0.15, -0.1) is 0 Å². The van der Waals surface area contributed by atoms with Gasteiger partial charge in [-0.3, -0.25) is 0 Å². The van der Waals surface area contributed by atoms with Gasteiger partial charge < -0.3 is 10.6 Å². The number of rotatable bonds is 1. The Morgan fingerprint density at radius 2 is 2.56 bits per heavy atom. The Morgan fingerprint density at radius 3 is 2.78 bits per heavy atom. The highest BCUT2D eigenvalue weighted by molar-refractivity contribution is 5.01. The fourth-order valence-corrected chi connectivity index (χ4v) is 1.23. The molecule has 1 aliphatic rings. The first-order valence-electron chi connectivity index (χ1n) is 3.33. The van der Waals surface area contributed by atoms with Gasteiger partial charge in [0.25, 0.3) is 0 Å². The Hall–Kier alpha value is -0.500. The van der Waals surface area contributed by atoms with Crippen molar-refractivity contribution in [3.63, 3.8) is 0 Å². The summed E-state index contributed by atoms with van der Waals surface area (Å²) in [4.78, 5) is 2.18. The Bertz CT molecular complexity index is 120. The molecule has 1 rings (SSSR count). The Kier molecular flexibility index (Phi) is 1.76. The van der Waals surface area contributed by atoms with Crippen LogP contribution in [0.15, 0.2) is 12.3 Å². The summed E-state index contributed by atoms with van der Waals surface area (Å²) >= 11 is 0. The van der Waals surface area contributed by atoms with Crippen molar-refractivity contribution >= 4 is 0 Å². The van der Waals surface area contributed by atoms with E-state index in [2.05, 4.69) is 18.5 Å². The highest BCUT2D eigenvalue weighted by Gasteiger charge is 2.20. The summed E-state index contributed by atoms with van der Waals surface area (Å²) in [5.74, 6) is 0.655. The van der Waals surface area contributed by atoms with Crippen LogP contribution in [0.3, 0.4) is 0 Å². The molecule has 0 spiro atoms. The van der Waals surface area contributed by atoms with Crippen molar-refractivity contribution in [2.24, 2.45) is 11.7 Å². The van der Waals surface area contributed by atoms with Crippen molar-refractivity contribution in [2.45, 2.75) is 6.42 Å². The largest absolute Gasteiger partial charge is 0.378 e. The lowest BCUT2D eigenvalue weighted by Gasteiger charge is -2.10. The van der Waals surface area contributed by atoms with Crippen LogP contribution in [0.1, 0.15) is 6.42 Å². The van der Waals surface area contributed by atoms with E-state index in [1.807, 2.05) is 0 Å². The SMILES string of the molecule is C=C1CC(CN)CN1C. The number of hydrogen-bond donors (Lipinski definition) is 1. The van der Waals surface area contributed by atoms with Gasteiger partial charge in [0.2, 0.25) is 0 Å². The summed E-state index contributed by atoms with van der Waals surface area (Å²) in [6.45, 7) is 5.79. The van der Waals surface area contributed by atoms with Gasteiger partial charge in [-0.1, -0.05) is 6.58 Å². The predicted octanol–water partition coefficient (Wildman–Crippen LogP) is 0.410. The van der Waals surface area contributed by atoms with Gasteiger partial charge in [0.15, 0.2) is 0 Å². The molecule has 2 nitrogen and oxygen atoms in total. The summed E-state index contributed by atoms with van der Waals surface area (Å²) in [6.07, 6.45) is 1.09. The fraction of sp³-hybridized carbons (Fsp3) is 0.714. The van der Waals surface area contributed by atoms with E-state index in [1.54, 1.807) is 0 Å². The van der Waals surface area contributed by atoms with E-state index >= 15 is 0 Å². The molecule has 2 N–H and O–H groups in total. The fourth-order valence-electron chi connectivity index (χ4n) is 1.23. The number of allylic oxidation sites excluding steroid dienone is 1. The maximum atomic E-state index is 5.49. The zero-order chi connectivity index (χ0) is 6.85. The third kappa shape index (κ3) is 1.24. The lowest BCUT2D eigenvalue weighted by atomic mass is 10.1. The van der Waals surface area contributed by atoms with Crippen molar-refractivity contribution < 1.29 is 0 Å². The molecule has 1 atom stereocenters. The number of nitrogens with two attached hydrogens (primary N) is 1. The van der Waals surface area contributed by atoms with Crippen LogP contribution in [0.25, 0.3) is 0 Å². The van der Waals surface area contributed by atoms with E-state index in [-0.39, 0.29) is 0 Å². The Balaban J connectivity index is 2.44. The summed E-state index contributed by atoms with van der Waals surface area (Å²) in [5.41, 5.74) is 6.72. The van der Waals surface area contributed by atoms with Crippen LogP contribution >= 0.6 is 0 Å². The zero-order valence-corrected chi connectivity index (χ0v) is 5.93. The zero-order valence-electron chi connectivity index (χ0n) is 5.93. The van der Waals surface area contributed by atoms with E-state index in [4.69, 9.17) is 5.73 Å². The quantitative estimate of drug-likeness (QED) is 0.551. The Morgan fingerprint density at radius 1 is 1.89 bits per heavy atom. The molecule has 0 saturated carbocycles. The van der Waals surface area contributed by atoms with Gasteiger partial charge in [-0.25, -0.2) is 0 Å². The topological polar surface area (TPSA) is 29.3 Å². The molecular weight excluding hydrogens is 112 g/mol. The molecule has 1 unspecified atom stereocenters. The maximum absolute atomic E-state index is 5.49. The van der Waals surface area contributed by atoms with Gasteiger partial charge >= 0.3 is 0 Å². The van der Waals surface area contributed by atoms with Crippen molar-refractivity contribution in [1.29, 1.82) is 0 Å². The van der Waals surface area contributed by atoms with Crippen molar-refractivity contribution in [2.75, 3.05) is 20.1 Å². The van der Waals surface area contributed by atoms with Crippen molar-refractivity contribution in [1.82, 2.24) is 4.90 Å². The van der Waals surface area contributed by atoms with Gasteiger partial charge in [0.05, 0.1) is 0 Å². The second-order valence-electron chi connectivity index (χ2n) is 2.75. The molecule has 0 aromatic rings. The average Bonchev–Trinajstić information content (AvgIpc) is 2.13. The first-order chi connectivity index (χ1) is 4.24. The number of hydrogen-bond acceptors (Lipinski definition) is 2. The second kappa shape index (κ2) is 2.40. The first kappa shape index (κ1) is 6.62. The summed E-state index contributed by atoms with van der Waals surface area (Å²) in [7, 11) is 2.07. The molecule has 1 aliphatic heterocycles. The summed E-state index contributed by atoms with van der Waals surface area (Å²) < 4.78 is 0. The minimum Gasteiger partial charge on any atom is -0.378 e. The van der Waals surface area contributed by atoms with E-state index < -0.39 is 0 Å². The van der Waals surface area contributed by atoms with Crippen LogP contribution < -0.4 is 5.73 Å². The third-order valence-corrected chi connectivity index (χ3v) is 1.93. The molecule has 0 radical (unpaired) electrons. The number of nitrogens with zero attached hydrogens (tertiary/aromatic N) is 1. The smallest absolute Gasteiger partial charge is 0.0215 e. The Labute approximate surface area is 56.3 Å². The molecule has 0 aromatic heterocycles. The second-order valence-corrected chi connectivity index (χ2v) is 2.75. The predicted molar refractivity (Wildman–Crippen MR) is 38.9 cm³/mol. The lowest BCUT2D eigenvalue weighted by Crippen LogP contribution is -2.18. The van der Waals surface area contributed by atoms with Crippen LogP contribution in [0.4, 0.5) is 0 Å². The van der Waals surface area contributed by atoms with Gasteiger partial charge in [0, 0.05) is 19.3 Å². The minimum absolute atomic E-state index is 0.655. The molecule has 0 aromatic carbocycles. The van der Waals surface area contributed by atoms with Crippen molar-refractivity contribution in [3.05, 3.63) is 12.3 Å². The number of likely N-dealkylation sites (tertiary alicyclic amines) is 1. The monoisotopic (exact) mass is 126 g/mol. The average molecular weight is 126 g/mol. The van der Waals surface area contributed by atoms with Crippen LogP contribution in [0.2, 0.25) is 0 Å². The molecule has 1 saturated heterocycles. The summed E-state index contributed by atoms with van der Waals surface area (Å²) in [6, 6.07) is 0. The van der Waals surface area contributed by atoms with Crippen LogP contribution in [-0.4, -0.2) is 25.0 Å². The van der Waals surface area contributed by atoms with E-state index in [0.29, 0.717) is 5.92 Å². The molecule has 1 fully saturated rings. The molecule has 9 heavy (non-hydrogen) atoms. The highest BCUT2D eigenvalue weighted by Crippen LogP contribution is 2.21. The van der Waals surface area contributed by atoms with E-state index in [9.17, 15) is 0 Å². The molecular formula is C7H14N2. The van der Waals surface area contributed by atoms with Gasteiger partial charge in [-0.2, -0.15) is 0 Å². The molecule has 0 bridgehead atoms. The normalized spacial score (nSPS) is 27.6. The molecule has 0 amide bonds. The molecule has 52 valence electrons. The van der Waals surface area contributed by atoms with Gasteiger partial charge in [-0.05, 0) is 18.9 Å². The minimum atomic E-state index is 0.655. The van der Waals surface area contributed by atoms with E-state index in [1.165, 1.54) is 5.70 Å². The van der Waals surface area contributed by atoms with Crippen LogP contribution in [-0.2, 0) is 0 Å². The summed E-state index contributed by atoms with van der Waals surface area (Å²) in [5, 5.41) is 0. The van der Waals surface area contributed by atoms with Crippen molar-refractivity contribution in [3.8, 4) is 0 Å². The lowest BCUT2D eigenvalue weighted by molar-refractivity contribution is 0.437. The first-order valence-corrected chi connectivity index (χ1v) is 3.33. The van der Waals surface area contributed by atoms with E-state index in [0.717, 1.165) is 19.5 Å². The van der Waals surface area contributed by atoms with Gasteiger partial charge in [0.1, 0.15) is 0 Å². The maximum Gasteiger partial charge on any atom is 0.0215 e. The van der Waals surface area contributed by atoms with Crippen LogP contribution in [0, 0.1) is 5.92 Å². The van der Waals surface area contributed by atoms with Crippen LogP contribution in [0.5, 0.6) is 0 Å². The molecule has 0 aliphatic carbocycles. The highest BCUT2D eigenvalue weighted by atomic mass is 15.1. The standard InChI is InChI=1S/C7H14N2/c1-6-3-7(4-8)5-9(6)2/h7H,1,3-5,8H2,2H3. The molecule has 2 heteroatoms. The molecule has 1 heterocycles.